The van der Waals surface area contributed by atoms with Crippen LogP contribution in [0, 0.1) is 0 Å². The van der Waals surface area contributed by atoms with Crippen molar-refractivity contribution in [3.63, 3.8) is 0 Å². The molecule has 0 bridgehead atoms. The van der Waals surface area contributed by atoms with Crippen LogP contribution in [0.2, 0.25) is 5.28 Å². The molecule has 121 heavy (non-hydrogen) atoms. The molecule has 8 aromatic carbocycles. The van der Waals surface area contributed by atoms with Crippen LogP contribution in [-0.2, 0) is 119 Å². The quantitative estimate of drug-likeness (QED) is 0.00451. The zero-order valence-electron chi connectivity index (χ0n) is 62.9. The van der Waals surface area contributed by atoms with Crippen LogP contribution < -0.4 is 279 Å². The summed E-state index contributed by atoms with van der Waals surface area (Å²) in [5.41, 5.74) is -0.914. The number of nitrogens with one attached hydrogen (secondary N) is 3. The predicted molar refractivity (Wildman–Crippen MR) is 374 cm³/mol. The zero-order valence-corrected chi connectivity index (χ0v) is 88.6. The maximum absolute atomic E-state index is 12.6. The van der Waals surface area contributed by atoms with Gasteiger partial charge in [-0.3, -0.25) is 37.7 Å². The third kappa shape index (κ3) is 38.6. The Labute approximate surface area is 888 Å². The number of phenolic OH excluding ortho intramolecular Hbond substituents is 2. The first-order valence-corrected chi connectivity index (χ1v) is 42.4. The van der Waals surface area contributed by atoms with E-state index >= 15 is 0 Å². The molecule has 47 nitrogen and oxygen atoms in total. The fraction of sp³-hybridized carbons (Fsp3) is 0.130. The van der Waals surface area contributed by atoms with E-state index in [1.165, 1.54) is 103 Å². The van der Waals surface area contributed by atoms with Gasteiger partial charge in [0, 0.05) is 21.8 Å². The van der Waals surface area contributed by atoms with Crippen LogP contribution in [0.15, 0.2) is 198 Å². The Morgan fingerprint density at radius 3 is 1.22 bits per heavy atom. The molecule has 1 heterocycles. The normalized spacial score (nSPS) is 11.7. The average Bonchev–Trinajstić information content (AvgIpc) is 0.760. The van der Waals surface area contributed by atoms with Crippen molar-refractivity contribution in [2.75, 3.05) is 58.9 Å². The van der Waals surface area contributed by atoms with E-state index in [1.807, 2.05) is 0 Å². The van der Waals surface area contributed by atoms with E-state index in [1.54, 1.807) is 0 Å². The first kappa shape index (κ1) is 121. The van der Waals surface area contributed by atoms with E-state index < -0.39 is 121 Å². The maximum Gasteiger partial charge on any atom is 1.00 e. The molecule has 0 amide bonds. The van der Waals surface area contributed by atoms with Crippen molar-refractivity contribution in [1.29, 1.82) is 0 Å². The van der Waals surface area contributed by atoms with Gasteiger partial charge in [-0.05, 0) is 144 Å². The van der Waals surface area contributed by atoms with Gasteiger partial charge in [-0.25, -0.2) is 50.5 Å². The van der Waals surface area contributed by atoms with E-state index in [4.69, 9.17) is 24.2 Å². The third-order valence-electron chi connectivity index (χ3n) is 13.6. The molecule has 0 spiro atoms. The summed E-state index contributed by atoms with van der Waals surface area (Å²) >= 11 is 7.03. The van der Waals surface area contributed by atoms with Crippen molar-refractivity contribution in [2.45, 2.75) is 34.3 Å². The number of anilines is 5. The Kier molecular flexibility index (Phi) is 58.8. The SMILES string of the molecule is O=S(=O)([O-])CNc1ccc2c(O)c(N=Nc3ccc(S(=O)(=O)CCOSOO[O-])cc3)c(SOO[O-])cc2c1N=Nc1ccc(S(=O)(=O)CCOSOO[O-])cc1.O=S(=O)([O-])c1cccc(Nc2nc(Cl)nc(Nc3cc(S(=O)(=O)[O-])cc4cc(SOO[O-])c(N=Nc5ccc(S(=O)(=O)CCOSOO[O-])cc5)c(O)c34)n2)c1.[Na+].[Na+].[Na+].[Na+].[Na+].[Na+].[Na+].[Na+]. The first-order valence-electron chi connectivity index (χ1n) is 29.2. The number of aromatic hydroxyl groups is 2. The van der Waals surface area contributed by atoms with E-state index in [0.717, 1.165) is 30.3 Å². The molecule has 0 saturated heterocycles. The fourth-order valence-electron chi connectivity index (χ4n) is 8.85. The Balaban J connectivity index is 0.00000223. The molecule has 67 heteroatoms. The Hall–Kier alpha value is -0.0100. The molecule has 0 saturated carbocycles. The summed E-state index contributed by atoms with van der Waals surface area (Å²) in [6, 6.07) is 26.4. The third-order valence-corrected chi connectivity index (χ3v) is 23.3. The van der Waals surface area contributed by atoms with Crippen molar-refractivity contribution in [1.82, 2.24) is 15.0 Å². The number of rotatable bonds is 42. The number of phenols is 2. The number of nitrogens with zero attached hydrogens (tertiary/aromatic N) is 9. The van der Waals surface area contributed by atoms with Crippen LogP contribution >= 0.6 is 72.7 Å². The molecule has 608 valence electrons. The van der Waals surface area contributed by atoms with Crippen molar-refractivity contribution in [3.05, 3.63) is 139 Å². The number of hydrogen-bond donors (Lipinski definition) is 5. The molecule has 0 fully saturated rings. The molecule has 0 radical (unpaired) electrons. The van der Waals surface area contributed by atoms with E-state index in [9.17, 15) is 101 Å². The van der Waals surface area contributed by atoms with Crippen molar-refractivity contribution < 1.29 is 397 Å². The van der Waals surface area contributed by atoms with Gasteiger partial charge >= 0.3 is 236 Å². The van der Waals surface area contributed by atoms with Crippen molar-refractivity contribution in [3.8, 4) is 11.5 Å². The summed E-state index contributed by atoms with van der Waals surface area (Å²) in [5.74, 6) is -4.57. The van der Waals surface area contributed by atoms with Gasteiger partial charge in [0.25, 0.3) is 0 Å². The van der Waals surface area contributed by atoms with Crippen LogP contribution in [0.3, 0.4) is 0 Å². The second-order valence-electron chi connectivity index (χ2n) is 20.6. The van der Waals surface area contributed by atoms with Gasteiger partial charge in [0.05, 0.1) is 124 Å². The molecule has 0 aliphatic carbocycles. The molecule has 0 aliphatic rings. The molecule has 0 atom stereocenters. The van der Waals surface area contributed by atoms with Gasteiger partial charge in [-0.2, -0.15) is 39.0 Å². The summed E-state index contributed by atoms with van der Waals surface area (Å²) in [5, 5.41) is 121. The minimum atomic E-state index is -5.17. The molecule has 0 unspecified atom stereocenters. The number of fused-ring (bicyclic) bond motifs is 2. The molecule has 0 aliphatic heterocycles. The minimum absolute atomic E-state index is 0. The van der Waals surface area contributed by atoms with Gasteiger partial charge in [-0.15, -0.1) is 28.3 Å². The number of azo groups is 3. The van der Waals surface area contributed by atoms with E-state index in [-0.39, 0.29) is 415 Å². The van der Waals surface area contributed by atoms with Crippen LogP contribution in [0.1, 0.15) is 0 Å². The number of benzene rings is 8. The van der Waals surface area contributed by atoms with Crippen LogP contribution in [0.4, 0.5) is 63.1 Å². The fourth-order valence-corrected chi connectivity index (χ4v) is 15.6. The standard InChI is InChI=1S/C27H22ClN7O16S5.C27H27N5O19S6.8Na/c28-25-31-26(29-16-2-1-3-18(12-16)55(41,42)43)33-27(32-25)30-20-13-19(56(44,45)46)10-14-11-21(52-50-48-37)23(24(36)22(14)20)35-34-15-4-6-17(7-5-15)54(39,40)9-8-47-53-51-49-38;33-27-21-9-10-23(28-16-57(41,42)43)25(31-29-17-1-5-19(6-2-17)55(37,38)13-11-44-53-50-47-35)22(21)15-24(52-49-46-34)26(27)32-30-18-3-7-20(8-4-18)56(39,40)14-12-45-54-51-48-36;;;;;;;;/h1-7,10-13,36-38H,8-9H2,(H,41,42,43)(H,44,45,46)(H2,29,30,31,32,33);1-10,15,28,33-36H,11-14,16H2,(H,41,42,43);;;;;;;;/q;;8*+1/p-8. The summed E-state index contributed by atoms with van der Waals surface area (Å²) < 4.78 is 216. The van der Waals surface area contributed by atoms with Gasteiger partial charge < -0.3 is 66.1 Å². The molecule has 9 rings (SSSR count). The number of halogens is 1. The molecular formula is C54H41ClN12Na8O35S11. The Bertz CT molecular complexity index is 5700. The van der Waals surface area contributed by atoms with Gasteiger partial charge in [0.2, 0.25) is 17.2 Å². The Morgan fingerprint density at radius 2 is 0.810 bits per heavy atom. The van der Waals surface area contributed by atoms with Crippen LogP contribution in [0.5, 0.6) is 11.5 Å². The Morgan fingerprint density at radius 1 is 0.405 bits per heavy atom. The van der Waals surface area contributed by atoms with E-state index in [0.29, 0.717) is 0 Å². The van der Waals surface area contributed by atoms with Gasteiger partial charge in [-0.1, -0.05) is 6.07 Å². The summed E-state index contributed by atoms with van der Waals surface area (Å²) in [4.78, 5) is 9.83. The number of sulfone groups is 3. The van der Waals surface area contributed by atoms with Gasteiger partial charge in [0.1, 0.15) is 53.3 Å². The molecular weight excluding hydrogens is 1950 g/mol. The van der Waals surface area contributed by atoms with Crippen LogP contribution in [0.25, 0.3) is 21.5 Å². The van der Waals surface area contributed by atoms with Crippen LogP contribution in [-0.4, -0.2) is 132 Å². The second-order valence-corrected chi connectivity index (χ2v) is 34.5. The van der Waals surface area contributed by atoms with Crippen molar-refractivity contribution in [2.24, 2.45) is 30.7 Å². The maximum atomic E-state index is 12.6. The summed E-state index contributed by atoms with van der Waals surface area (Å²) in [6.45, 7) is -1.06. The molecule has 5 N–H and O–H groups in total. The topological polar surface area (TPSA) is 699 Å². The monoisotopic (exact) mass is 1990 g/mol. The predicted octanol–water partition coefficient (Wildman–Crippen LogP) is -18.4. The number of hydrogen-bond acceptors (Lipinski definition) is 52. The summed E-state index contributed by atoms with van der Waals surface area (Å²) in [6.07, 6.45) is 0. The average molecular weight is 1990 g/mol. The first-order chi connectivity index (χ1) is 53.7. The zero-order chi connectivity index (χ0) is 82.2. The van der Waals surface area contributed by atoms with Crippen molar-refractivity contribution >= 4 is 217 Å². The minimum Gasteiger partial charge on any atom is -0.747 e. The molecule has 9 aromatic rings. The largest absolute Gasteiger partial charge is 1.00 e. The summed E-state index contributed by atoms with van der Waals surface area (Å²) in [7, 11) is -26.4. The van der Waals surface area contributed by atoms with Gasteiger partial charge in [0.15, 0.2) is 78.0 Å². The molecule has 1 aromatic heterocycles. The van der Waals surface area contributed by atoms with E-state index in [2.05, 4.69) is 108 Å². The second kappa shape index (κ2) is 58.8. The number of aromatic nitrogens is 3. The smallest absolute Gasteiger partial charge is 0.747 e.